The van der Waals surface area contributed by atoms with E-state index in [1.807, 2.05) is 0 Å². The summed E-state index contributed by atoms with van der Waals surface area (Å²) in [6.45, 7) is -0.0531. The molecule has 2 aromatic rings. The molecule has 0 atom stereocenters. The van der Waals surface area contributed by atoms with Crippen LogP contribution in [0, 0.1) is 0 Å². The van der Waals surface area contributed by atoms with Gasteiger partial charge in [0, 0.05) is 23.0 Å². The number of methoxy groups -OCH3 is 1. The first-order valence-corrected chi connectivity index (χ1v) is 7.47. The van der Waals surface area contributed by atoms with Crippen molar-refractivity contribution in [3.63, 3.8) is 0 Å². The van der Waals surface area contributed by atoms with Crippen LogP contribution in [0.3, 0.4) is 0 Å². The molecule has 2 amide bonds. The summed E-state index contributed by atoms with van der Waals surface area (Å²) in [5.41, 5.74) is 1.17. The van der Waals surface area contributed by atoms with Crippen LogP contribution >= 0.6 is 15.9 Å². The van der Waals surface area contributed by atoms with Crippen LogP contribution in [-0.4, -0.2) is 30.6 Å². The van der Waals surface area contributed by atoms with Crippen LogP contribution in [0.4, 0.5) is 11.4 Å². The Hall–Kier alpha value is -2.38. The maximum atomic E-state index is 12.2. The van der Waals surface area contributed by atoms with Crippen LogP contribution < -0.4 is 10.6 Å². The van der Waals surface area contributed by atoms with E-state index in [9.17, 15) is 14.7 Å². The smallest absolute Gasteiger partial charge is 0.259 e. The normalized spacial score (nSPS) is 10.2. The molecule has 0 aromatic heterocycles. The number of hydrogen-bond acceptors (Lipinski definition) is 4. The number of phenols is 1. The number of amides is 2. The third-order valence-electron chi connectivity index (χ3n) is 2.88. The van der Waals surface area contributed by atoms with Gasteiger partial charge in [-0.25, -0.2) is 0 Å². The van der Waals surface area contributed by atoms with Crippen molar-refractivity contribution < 1.29 is 19.4 Å². The highest BCUT2D eigenvalue weighted by atomic mass is 79.9. The second kappa shape index (κ2) is 7.75. The van der Waals surface area contributed by atoms with Gasteiger partial charge >= 0.3 is 0 Å². The summed E-state index contributed by atoms with van der Waals surface area (Å²) in [6.07, 6.45) is 0. The molecule has 2 aromatic carbocycles. The first-order chi connectivity index (χ1) is 11.0. The Balaban J connectivity index is 2.12. The number of carbonyl (C=O) groups excluding carboxylic acids is 2. The van der Waals surface area contributed by atoms with Gasteiger partial charge in [-0.3, -0.25) is 9.59 Å². The molecule has 0 bridgehead atoms. The van der Waals surface area contributed by atoms with Gasteiger partial charge in [-0.2, -0.15) is 0 Å². The molecular weight excluding hydrogens is 364 g/mol. The molecule has 120 valence electrons. The van der Waals surface area contributed by atoms with Crippen LogP contribution in [0.2, 0.25) is 0 Å². The Morgan fingerprint density at radius 3 is 2.52 bits per heavy atom. The van der Waals surface area contributed by atoms with Crippen molar-refractivity contribution in [1.82, 2.24) is 0 Å². The van der Waals surface area contributed by atoms with Crippen molar-refractivity contribution in [3.8, 4) is 5.75 Å². The highest BCUT2D eigenvalue weighted by Gasteiger charge is 2.12. The first kappa shape index (κ1) is 17.0. The number of aromatic hydroxyl groups is 1. The molecule has 0 saturated carbocycles. The summed E-state index contributed by atoms with van der Waals surface area (Å²) in [4.78, 5) is 23.7. The van der Waals surface area contributed by atoms with Gasteiger partial charge in [0.05, 0.1) is 5.56 Å². The number of halogens is 1. The summed E-state index contributed by atoms with van der Waals surface area (Å²) in [5, 5.41) is 15.1. The van der Waals surface area contributed by atoms with Gasteiger partial charge in [-0.1, -0.05) is 22.0 Å². The summed E-state index contributed by atoms with van der Waals surface area (Å²) < 4.78 is 5.42. The minimum absolute atomic E-state index is 0.0531. The summed E-state index contributed by atoms with van der Waals surface area (Å²) >= 11 is 3.25. The van der Waals surface area contributed by atoms with E-state index in [1.165, 1.54) is 19.2 Å². The first-order valence-electron chi connectivity index (χ1n) is 6.68. The molecule has 0 spiro atoms. The second-order valence-corrected chi connectivity index (χ2v) is 5.59. The van der Waals surface area contributed by atoms with E-state index < -0.39 is 5.91 Å². The number of anilines is 2. The van der Waals surface area contributed by atoms with Crippen LogP contribution in [0.1, 0.15) is 10.4 Å². The molecule has 0 radical (unpaired) electrons. The van der Waals surface area contributed by atoms with E-state index in [0.717, 1.165) is 0 Å². The molecule has 0 aliphatic carbocycles. The number of benzene rings is 2. The molecule has 7 heteroatoms. The molecule has 6 nitrogen and oxygen atoms in total. The quantitative estimate of drug-likeness (QED) is 0.746. The van der Waals surface area contributed by atoms with Crippen LogP contribution in [-0.2, 0) is 9.53 Å². The van der Waals surface area contributed by atoms with Gasteiger partial charge in [0.25, 0.3) is 5.91 Å². The minimum Gasteiger partial charge on any atom is -0.507 e. The van der Waals surface area contributed by atoms with Crippen molar-refractivity contribution in [1.29, 1.82) is 0 Å². The standard InChI is InChI=1S/C16H15BrN2O4/c1-23-9-15(21)18-11-3-2-4-12(8-11)19-16(22)13-7-10(17)5-6-14(13)20/h2-8,20H,9H2,1H3,(H,18,21)(H,19,22). The molecule has 3 N–H and O–H groups in total. The molecule has 0 unspecified atom stereocenters. The molecule has 0 aliphatic heterocycles. The van der Waals surface area contributed by atoms with E-state index >= 15 is 0 Å². The predicted molar refractivity (Wildman–Crippen MR) is 90.7 cm³/mol. The Kier molecular flexibility index (Phi) is 5.72. The van der Waals surface area contributed by atoms with E-state index in [-0.39, 0.29) is 23.8 Å². The zero-order chi connectivity index (χ0) is 16.8. The largest absolute Gasteiger partial charge is 0.507 e. The monoisotopic (exact) mass is 378 g/mol. The minimum atomic E-state index is -0.454. The van der Waals surface area contributed by atoms with Crippen molar-refractivity contribution in [3.05, 3.63) is 52.5 Å². The summed E-state index contributed by atoms with van der Waals surface area (Å²) in [7, 11) is 1.43. The molecule has 0 fully saturated rings. The van der Waals surface area contributed by atoms with Gasteiger partial charge in [0.15, 0.2) is 0 Å². The zero-order valence-corrected chi connectivity index (χ0v) is 13.9. The Labute approximate surface area is 141 Å². The fraction of sp³-hybridized carbons (Fsp3) is 0.125. The van der Waals surface area contributed by atoms with E-state index in [2.05, 4.69) is 26.6 Å². The van der Waals surface area contributed by atoms with Crippen molar-refractivity contribution in [2.45, 2.75) is 0 Å². The zero-order valence-electron chi connectivity index (χ0n) is 12.3. The van der Waals surface area contributed by atoms with E-state index in [1.54, 1.807) is 30.3 Å². The third kappa shape index (κ3) is 4.80. The number of hydrogen-bond donors (Lipinski definition) is 3. The SMILES string of the molecule is COCC(=O)Nc1cccc(NC(=O)c2cc(Br)ccc2O)c1. The van der Waals surface area contributed by atoms with Gasteiger partial charge < -0.3 is 20.5 Å². The molecule has 2 rings (SSSR count). The fourth-order valence-corrected chi connectivity index (χ4v) is 2.25. The van der Waals surface area contributed by atoms with Gasteiger partial charge in [-0.05, 0) is 36.4 Å². The number of nitrogens with one attached hydrogen (secondary N) is 2. The maximum absolute atomic E-state index is 12.2. The molecule has 0 saturated heterocycles. The number of phenolic OH excluding ortho intramolecular Hbond substituents is 1. The number of rotatable bonds is 5. The lowest BCUT2D eigenvalue weighted by Gasteiger charge is -2.10. The van der Waals surface area contributed by atoms with Gasteiger partial charge in [-0.15, -0.1) is 0 Å². The van der Waals surface area contributed by atoms with Crippen LogP contribution in [0.25, 0.3) is 0 Å². The molecule has 23 heavy (non-hydrogen) atoms. The van der Waals surface area contributed by atoms with Gasteiger partial charge in [0.1, 0.15) is 12.4 Å². The van der Waals surface area contributed by atoms with Crippen molar-refractivity contribution >= 4 is 39.1 Å². The van der Waals surface area contributed by atoms with Crippen LogP contribution in [0.5, 0.6) is 5.75 Å². The third-order valence-corrected chi connectivity index (χ3v) is 3.38. The average Bonchev–Trinajstić information content (AvgIpc) is 2.50. The lowest BCUT2D eigenvalue weighted by molar-refractivity contribution is -0.119. The molecule has 0 aliphatic rings. The summed E-state index contributed by atoms with van der Waals surface area (Å²) in [6, 6.07) is 11.3. The lowest BCUT2D eigenvalue weighted by atomic mass is 10.2. The topological polar surface area (TPSA) is 87.7 Å². The fourth-order valence-electron chi connectivity index (χ4n) is 1.89. The van der Waals surface area contributed by atoms with Crippen molar-refractivity contribution in [2.24, 2.45) is 0 Å². The summed E-state index contributed by atoms with van der Waals surface area (Å²) in [5.74, 6) is -0.861. The van der Waals surface area contributed by atoms with E-state index in [4.69, 9.17) is 4.74 Å². The molecule has 0 heterocycles. The Morgan fingerprint density at radius 2 is 1.83 bits per heavy atom. The number of ether oxygens (including phenoxy) is 1. The number of carbonyl (C=O) groups is 2. The maximum Gasteiger partial charge on any atom is 0.259 e. The average molecular weight is 379 g/mol. The second-order valence-electron chi connectivity index (χ2n) is 4.68. The van der Waals surface area contributed by atoms with Crippen molar-refractivity contribution in [2.75, 3.05) is 24.4 Å². The van der Waals surface area contributed by atoms with Crippen LogP contribution in [0.15, 0.2) is 46.9 Å². The highest BCUT2D eigenvalue weighted by molar-refractivity contribution is 9.10. The lowest BCUT2D eigenvalue weighted by Crippen LogP contribution is -2.17. The van der Waals surface area contributed by atoms with Gasteiger partial charge in [0.2, 0.25) is 5.91 Å². The Morgan fingerprint density at radius 1 is 1.13 bits per heavy atom. The molecular formula is C16H15BrN2O4. The Bertz CT molecular complexity index is 734. The highest BCUT2D eigenvalue weighted by Crippen LogP contribution is 2.23. The van der Waals surface area contributed by atoms with E-state index in [0.29, 0.717) is 15.8 Å². The predicted octanol–water partition coefficient (Wildman–Crippen LogP) is 2.99.